The van der Waals surface area contributed by atoms with E-state index in [1.165, 1.54) is 10.9 Å². The second-order valence-electron chi connectivity index (χ2n) is 10.4. The van der Waals surface area contributed by atoms with Crippen molar-refractivity contribution in [1.29, 1.82) is 0 Å². The molecule has 1 aliphatic rings. The zero-order valence-corrected chi connectivity index (χ0v) is 22.1. The fourth-order valence-electron chi connectivity index (χ4n) is 4.02. The van der Waals surface area contributed by atoms with Crippen molar-refractivity contribution in [2.75, 3.05) is 18.6 Å². The van der Waals surface area contributed by atoms with Gasteiger partial charge in [-0.1, -0.05) is 34.6 Å². The van der Waals surface area contributed by atoms with Gasteiger partial charge in [0.15, 0.2) is 8.32 Å². The predicted molar refractivity (Wildman–Crippen MR) is 132 cm³/mol. The molecule has 2 atom stereocenters. The van der Waals surface area contributed by atoms with E-state index < -0.39 is 8.32 Å². The van der Waals surface area contributed by atoms with Gasteiger partial charge in [-0.2, -0.15) is 0 Å². The zero-order valence-electron chi connectivity index (χ0n) is 19.5. The van der Waals surface area contributed by atoms with Gasteiger partial charge < -0.3 is 19.6 Å². The maximum atomic E-state index is 13.3. The summed E-state index contributed by atoms with van der Waals surface area (Å²) in [5.74, 6) is 0.248. The minimum Gasteiger partial charge on any atom is -0.415 e. The Bertz CT molecular complexity index is 932. The molecule has 3 rings (SSSR count). The molecule has 0 bridgehead atoms. The summed E-state index contributed by atoms with van der Waals surface area (Å²) in [6, 6.07) is 3.86. The summed E-state index contributed by atoms with van der Waals surface area (Å²) in [5.41, 5.74) is 3.38. The van der Waals surface area contributed by atoms with Crippen molar-refractivity contribution in [1.82, 2.24) is 10.3 Å². The van der Waals surface area contributed by atoms with Crippen LogP contribution < -0.4 is 10.2 Å². The smallest absolute Gasteiger partial charge is 0.243 e. The summed E-state index contributed by atoms with van der Waals surface area (Å²) in [7, 11) is 0.115. The molecule has 2 N–H and O–H groups in total. The molecule has 5 nitrogen and oxygen atoms in total. The third-order valence-corrected chi connectivity index (χ3v) is 12.0. The van der Waals surface area contributed by atoms with Crippen LogP contribution in [0.5, 0.6) is 0 Å². The molecule has 0 aliphatic carbocycles. The highest BCUT2D eigenvalue weighted by Crippen LogP contribution is 2.38. The average molecular weight is 495 g/mol. The second kappa shape index (κ2) is 8.32. The van der Waals surface area contributed by atoms with E-state index >= 15 is 0 Å². The minimum atomic E-state index is -1.91. The van der Waals surface area contributed by atoms with E-state index in [4.69, 9.17) is 4.43 Å². The number of rotatable bonds is 4. The molecule has 1 aromatic carbocycles. The van der Waals surface area contributed by atoms with Crippen molar-refractivity contribution in [3.05, 3.63) is 28.4 Å². The SMILES string of the molecule is CC(C)[C@H]1C(=O)N[C@H](CO[Si](C)(C)C(C)(C)C)Cc2c[nH]c3c(Br)ccc(c23)N1C. The summed E-state index contributed by atoms with van der Waals surface area (Å²) in [4.78, 5) is 18.9. The molecule has 0 saturated heterocycles. The number of carbonyl (C=O) groups is 1. The molecule has 1 aromatic heterocycles. The van der Waals surface area contributed by atoms with Crippen LogP contribution in [0.25, 0.3) is 10.9 Å². The molecule has 0 unspecified atom stereocenters. The lowest BCUT2D eigenvalue weighted by molar-refractivity contribution is -0.124. The van der Waals surface area contributed by atoms with Crippen molar-refractivity contribution >= 4 is 46.7 Å². The molecular weight excluding hydrogens is 458 g/mol. The van der Waals surface area contributed by atoms with E-state index in [1.54, 1.807) is 0 Å². The molecule has 30 heavy (non-hydrogen) atoms. The van der Waals surface area contributed by atoms with Gasteiger partial charge in [-0.3, -0.25) is 4.79 Å². The highest BCUT2D eigenvalue weighted by molar-refractivity contribution is 9.10. The van der Waals surface area contributed by atoms with Crippen molar-refractivity contribution in [2.45, 2.75) is 71.3 Å². The van der Waals surface area contributed by atoms with Gasteiger partial charge in [-0.15, -0.1) is 0 Å². The molecule has 7 heteroatoms. The lowest BCUT2D eigenvalue weighted by atomic mass is 10.0. The average Bonchev–Trinajstić information content (AvgIpc) is 3.04. The third-order valence-electron chi connectivity index (χ3n) is 6.81. The Hall–Kier alpha value is -1.31. The number of nitrogens with one attached hydrogen (secondary N) is 2. The number of nitrogens with zero attached hydrogens (tertiary/aromatic N) is 1. The number of hydrogen-bond acceptors (Lipinski definition) is 3. The number of amides is 1. The molecule has 2 heterocycles. The number of benzene rings is 1. The van der Waals surface area contributed by atoms with Gasteiger partial charge in [0.05, 0.1) is 18.2 Å². The molecule has 0 fully saturated rings. The maximum Gasteiger partial charge on any atom is 0.243 e. The first-order chi connectivity index (χ1) is 13.8. The summed E-state index contributed by atoms with van der Waals surface area (Å²) in [6.07, 6.45) is 2.82. The number of anilines is 1. The Kier molecular flexibility index (Phi) is 6.48. The molecule has 1 aliphatic heterocycles. The molecule has 166 valence electrons. The standard InChI is InChI=1S/C23H36BrN3O2Si/c1-14(2)21-22(28)26-16(13-29-30(7,8)23(3,4)5)11-15-12-25-20-17(24)9-10-18(19(15)20)27(21)6/h9-10,12,14,16,21,25H,11,13H2,1-8H3,(H,26,28)/t16-,21-/m0/s1. The van der Waals surface area contributed by atoms with E-state index in [9.17, 15) is 4.79 Å². The molecular formula is C23H36BrN3O2Si. The van der Waals surface area contributed by atoms with Crippen LogP contribution >= 0.6 is 15.9 Å². The van der Waals surface area contributed by atoms with Gasteiger partial charge in [-0.05, 0) is 64.1 Å². The topological polar surface area (TPSA) is 57.4 Å². The van der Waals surface area contributed by atoms with Gasteiger partial charge in [0.25, 0.3) is 0 Å². The van der Waals surface area contributed by atoms with Crippen molar-refractivity contribution in [3.63, 3.8) is 0 Å². The van der Waals surface area contributed by atoms with Crippen LogP contribution in [0.2, 0.25) is 18.1 Å². The van der Waals surface area contributed by atoms with E-state index in [-0.39, 0.29) is 28.9 Å². The van der Waals surface area contributed by atoms with Crippen LogP contribution in [0.1, 0.15) is 40.2 Å². The lowest BCUT2D eigenvalue weighted by Crippen LogP contribution is -2.53. The van der Waals surface area contributed by atoms with E-state index in [0.29, 0.717) is 6.61 Å². The number of halogens is 1. The van der Waals surface area contributed by atoms with Crippen LogP contribution in [0, 0.1) is 5.92 Å². The van der Waals surface area contributed by atoms with Crippen LogP contribution in [0.3, 0.4) is 0 Å². The number of carbonyl (C=O) groups excluding carboxylic acids is 1. The number of likely N-dealkylation sites (N-methyl/N-ethyl adjacent to an activating group) is 1. The molecule has 1 amide bonds. The first-order valence-electron chi connectivity index (χ1n) is 10.8. The van der Waals surface area contributed by atoms with Crippen LogP contribution in [-0.4, -0.2) is 44.9 Å². The maximum absolute atomic E-state index is 13.3. The van der Waals surface area contributed by atoms with Crippen LogP contribution in [0.4, 0.5) is 5.69 Å². The largest absolute Gasteiger partial charge is 0.415 e. The first kappa shape index (κ1) is 23.4. The summed E-state index contributed by atoms with van der Waals surface area (Å²) >= 11 is 3.68. The van der Waals surface area contributed by atoms with Crippen molar-refractivity contribution < 1.29 is 9.22 Å². The van der Waals surface area contributed by atoms with Gasteiger partial charge in [0.2, 0.25) is 5.91 Å². The fourth-order valence-corrected chi connectivity index (χ4v) is 5.52. The Morgan fingerprint density at radius 1 is 1.30 bits per heavy atom. The van der Waals surface area contributed by atoms with Gasteiger partial charge in [0.1, 0.15) is 6.04 Å². The minimum absolute atomic E-state index is 0.0646. The monoisotopic (exact) mass is 493 g/mol. The Morgan fingerprint density at radius 3 is 2.57 bits per heavy atom. The van der Waals surface area contributed by atoms with Gasteiger partial charge >= 0.3 is 0 Å². The first-order valence-corrected chi connectivity index (χ1v) is 14.5. The van der Waals surface area contributed by atoms with E-state index in [1.807, 2.05) is 7.05 Å². The number of aromatic nitrogens is 1. The molecule has 0 radical (unpaired) electrons. The van der Waals surface area contributed by atoms with Crippen LogP contribution in [-0.2, 0) is 15.6 Å². The van der Waals surface area contributed by atoms with Crippen LogP contribution in [0.15, 0.2) is 22.8 Å². The summed E-state index contributed by atoms with van der Waals surface area (Å²) in [6.45, 7) is 16.0. The van der Waals surface area contributed by atoms with Crippen molar-refractivity contribution in [3.8, 4) is 0 Å². The summed E-state index contributed by atoms with van der Waals surface area (Å²) in [5, 5.41) is 4.64. The van der Waals surface area contributed by atoms with Gasteiger partial charge in [-0.25, -0.2) is 0 Å². The number of H-pyrrole nitrogens is 1. The van der Waals surface area contributed by atoms with E-state index in [0.717, 1.165) is 22.1 Å². The zero-order chi connectivity index (χ0) is 22.4. The Balaban J connectivity index is 2.03. The number of hydrogen-bond donors (Lipinski definition) is 2. The Morgan fingerprint density at radius 2 is 1.97 bits per heavy atom. The normalized spacial score (nSPS) is 20.9. The number of aromatic amines is 1. The quantitative estimate of drug-likeness (QED) is 0.556. The summed E-state index contributed by atoms with van der Waals surface area (Å²) < 4.78 is 7.55. The molecule has 0 saturated carbocycles. The van der Waals surface area contributed by atoms with Gasteiger partial charge in [0, 0.05) is 28.8 Å². The highest BCUT2D eigenvalue weighted by Gasteiger charge is 2.38. The highest BCUT2D eigenvalue weighted by atomic mass is 79.9. The second-order valence-corrected chi connectivity index (χ2v) is 16.1. The lowest BCUT2D eigenvalue weighted by Gasteiger charge is -2.37. The third kappa shape index (κ3) is 4.34. The predicted octanol–water partition coefficient (Wildman–Crippen LogP) is 5.45. The molecule has 2 aromatic rings. The molecule has 0 spiro atoms. The van der Waals surface area contributed by atoms with Crippen molar-refractivity contribution in [2.24, 2.45) is 5.92 Å². The fraction of sp³-hybridized carbons (Fsp3) is 0.609. The Labute approximate surface area is 190 Å². The van der Waals surface area contributed by atoms with E-state index in [2.05, 4.69) is 97.2 Å².